The van der Waals surface area contributed by atoms with Crippen LogP contribution in [0.4, 0.5) is 10.1 Å². The summed E-state index contributed by atoms with van der Waals surface area (Å²) < 4.78 is 15.4. The van der Waals surface area contributed by atoms with Crippen molar-refractivity contribution in [1.29, 1.82) is 0 Å². The molecule has 3 rings (SSSR count). The lowest BCUT2D eigenvalue weighted by atomic mass is 10.2. The van der Waals surface area contributed by atoms with Crippen molar-refractivity contribution in [3.63, 3.8) is 0 Å². The zero-order valence-electron chi connectivity index (χ0n) is 12.9. The molecule has 1 N–H and O–H groups in total. The average molecular weight is 449 g/mol. The van der Waals surface area contributed by atoms with E-state index in [1.54, 1.807) is 6.07 Å². The van der Waals surface area contributed by atoms with Gasteiger partial charge in [-0.25, -0.2) is 9.37 Å². The zero-order chi connectivity index (χ0) is 17.8. The van der Waals surface area contributed by atoms with Gasteiger partial charge in [-0.15, -0.1) is 0 Å². The molecule has 0 radical (unpaired) electrons. The van der Waals surface area contributed by atoms with E-state index >= 15 is 0 Å². The Morgan fingerprint density at radius 2 is 1.96 bits per heavy atom. The summed E-state index contributed by atoms with van der Waals surface area (Å²) in [6.07, 6.45) is 2.92. The van der Waals surface area contributed by atoms with E-state index in [2.05, 4.69) is 10.3 Å². The van der Waals surface area contributed by atoms with Gasteiger partial charge in [0.05, 0.1) is 6.54 Å². The topological polar surface area (TPSA) is 64.0 Å². The lowest BCUT2D eigenvalue weighted by Gasteiger charge is -2.08. The predicted octanol–water partition coefficient (Wildman–Crippen LogP) is 3.29. The van der Waals surface area contributed by atoms with Crippen LogP contribution >= 0.6 is 22.6 Å². The highest BCUT2D eigenvalue weighted by atomic mass is 127. The molecule has 1 aromatic heterocycles. The first-order valence-electron chi connectivity index (χ1n) is 7.40. The van der Waals surface area contributed by atoms with Crippen LogP contribution in [-0.2, 0) is 6.54 Å². The molecule has 0 bridgehead atoms. The Labute approximate surface area is 156 Å². The average Bonchev–Trinajstić information content (AvgIpc) is 2.61. The number of carbonyl (C=O) groups is 1. The molecule has 0 spiro atoms. The van der Waals surface area contributed by atoms with Crippen molar-refractivity contribution >= 4 is 34.2 Å². The molecule has 1 heterocycles. The van der Waals surface area contributed by atoms with E-state index in [0.717, 1.165) is 5.56 Å². The SMILES string of the molecule is O=C(Nc1ccc(I)c(F)c1)c1nccn(Cc2ccccc2)c1=O. The molecular weight excluding hydrogens is 436 g/mol. The lowest BCUT2D eigenvalue weighted by Crippen LogP contribution is -2.30. The van der Waals surface area contributed by atoms with E-state index in [1.165, 1.54) is 29.1 Å². The Kier molecular flexibility index (Phi) is 5.22. The number of carbonyl (C=O) groups excluding carboxylic acids is 1. The van der Waals surface area contributed by atoms with Crippen molar-refractivity contribution in [3.8, 4) is 0 Å². The monoisotopic (exact) mass is 449 g/mol. The predicted molar refractivity (Wildman–Crippen MR) is 101 cm³/mol. The Bertz CT molecular complexity index is 974. The van der Waals surface area contributed by atoms with Crippen LogP contribution in [0.15, 0.2) is 65.7 Å². The summed E-state index contributed by atoms with van der Waals surface area (Å²) in [5, 5.41) is 2.50. The molecular formula is C18H13FIN3O2. The Morgan fingerprint density at radius 3 is 2.68 bits per heavy atom. The first-order chi connectivity index (χ1) is 12.0. The van der Waals surface area contributed by atoms with Crippen LogP contribution in [0.2, 0.25) is 0 Å². The standard InChI is InChI=1S/C18H13FIN3O2/c19-14-10-13(6-7-15(14)20)22-17(24)16-18(25)23(9-8-21-16)11-12-4-2-1-3-5-12/h1-10H,11H2,(H,22,24). The fourth-order valence-corrected chi connectivity index (χ4v) is 2.61. The van der Waals surface area contributed by atoms with Crippen LogP contribution in [-0.4, -0.2) is 15.5 Å². The van der Waals surface area contributed by atoms with Gasteiger partial charge >= 0.3 is 0 Å². The van der Waals surface area contributed by atoms with Gasteiger partial charge in [0, 0.05) is 21.7 Å². The molecule has 0 unspecified atom stereocenters. The molecule has 0 aliphatic carbocycles. The summed E-state index contributed by atoms with van der Waals surface area (Å²) in [7, 11) is 0. The second-order valence-corrected chi connectivity index (χ2v) is 6.44. The van der Waals surface area contributed by atoms with Gasteiger partial charge in [0.1, 0.15) is 5.82 Å². The Morgan fingerprint density at radius 1 is 1.20 bits per heavy atom. The number of nitrogens with zero attached hydrogens (tertiary/aromatic N) is 2. The van der Waals surface area contributed by atoms with Crippen molar-refractivity contribution < 1.29 is 9.18 Å². The molecule has 25 heavy (non-hydrogen) atoms. The molecule has 0 atom stereocenters. The lowest BCUT2D eigenvalue weighted by molar-refractivity contribution is 0.102. The summed E-state index contributed by atoms with van der Waals surface area (Å²) in [5.74, 6) is -1.12. The molecule has 1 amide bonds. The number of benzene rings is 2. The summed E-state index contributed by atoms with van der Waals surface area (Å²) >= 11 is 1.85. The molecule has 0 fully saturated rings. The minimum Gasteiger partial charge on any atom is -0.320 e. The number of hydrogen-bond acceptors (Lipinski definition) is 3. The van der Waals surface area contributed by atoms with Crippen LogP contribution in [0.3, 0.4) is 0 Å². The number of aromatic nitrogens is 2. The number of rotatable bonds is 4. The van der Waals surface area contributed by atoms with Gasteiger partial charge < -0.3 is 9.88 Å². The first kappa shape index (κ1) is 17.3. The Balaban J connectivity index is 1.84. The maximum Gasteiger partial charge on any atom is 0.282 e. The normalized spacial score (nSPS) is 10.5. The molecule has 0 aliphatic rings. The van der Waals surface area contributed by atoms with Crippen LogP contribution in [0, 0.1) is 9.39 Å². The number of halogens is 2. The molecule has 3 aromatic rings. The highest BCUT2D eigenvalue weighted by molar-refractivity contribution is 14.1. The third-order valence-electron chi connectivity index (χ3n) is 3.50. The Hall–Kier alpha value is -2.55. The van der Waals surface area contributed by atoms with Crippen LogP contribution in [0.1, 0.15) is 16.1 Å². The second-order valence-electron chi connectivity index (χ2n) is 5.28. The van der Waals surface area contributed by atoms with Gasteiger partial charge in [0.25, 0.3) is 11.5 Å². The van der Waals surface area contributed by atoms with Gasteiger partial charge in [-0.1, -0.05) is 30.3 Å². The third-order valence-corrected chi connectivity index (χ3v) is 4.38. The van der Waals surface area contributed by atoms with Gasteiger partial charge in [0.15, 0.2) is 5.69 Å². The smallest absolute Gasteiger partial charge is 0.282 e. The second kappa shape index (κ2) is 7.56. The molecule has 126 valence electrons. The number of anilines is 1. The van der Waals surface area contributed by atoms with Crippen molar-refractivity contribution in [1.82, 2.24) is 9.55 Å². The van der Waals surface area contributed by atoms with E-state index in [4.69, 9.17) is 0 Å². The third kappa shape index (κ3) is 4.11. The molecule has 5 nitrogen and oxygen atoms in total. The van der Waals surface area contributed by atoms with Crippen LogP contribution < -0.4 is 10.9 Å². The van der Waals surface area contributed by atoms with Gasteiger partial charge in [-0.2, -0.15) is 0 Å². The molecule has 0 saturated carbocycles. The van der Waals surface area contributed by atoms with Gasteiger partial charge in [0.2, 0.25) is 0 Å². The largest absolute Gasteiger partial charge is 0.320 e. The maximum absolute atomic E-state index is 13.6. The van der Waals surface area contributed by atoms with Crippen molar-refractivity contribution in [3.05, 3.63) is 91.9 Å². The highest BCUT2D eigenvalue weighted by Gasteiger charge is 2.15. The molecule has 0 saturated heterocycles. The number of amides is 1. The van der Waals surface area contributed by atoms with Crippen LogP contribution in [0.5, 0.6) is 0 Å². The first-order valence-corrected chi connectivity index (χ1v) is 8.48. The fourth-order valence-electron chi connectivity index (χ4n) is 2.27. The maximum atomic E-state index is 13.6. The van der Waals surface area contributed by atoms with Crippen molar-refractivity contribution in [2.24, 2.45) is 0 Å². The van der Waals surface area contributed by atoms with E-state index < -0.39 is 17.3 Å². The fraction of sp³-hybridized carbons (Fsp3) is 0.0556. The van der Waals surface area contributed by atoms with Gasteiger partial charge in [-0.05, 0) is 46.4 Å². The molecule has 2 aromatic carbocycles. The van der Waals surface area contributed by atoms with E-state index in [9.17, 15) is 14.0 Å². The van der Waals surface area contributed by atoms with Crippen molar-refractivity contribution in [2.45, 2.75) is 6.54 Å². The quantitative estimate of drug-likeness (QED) is 0.622. The molecule has 7 heteroatoms. The highest BCUT2D eigenvalue weighted by Crippen LogP contribution is 2.16. The summed E-state index contributed by atoms with van der Waals surface area (Å²) in [6.45, 7) is 0.334. The van der Waals surface area contributed by atoms with Crippen molar-refractivity contribution in [2.75, 3.05) is 5.32 Å². The number of nitrogens with one attached hydrogen (secondary N) is 1. The van der Waals surface area contributed by atoms with Gasteiger partial charge in [-0.3, -0.25) is 9.59 Å². The van der Waals surface area contributed by atoms with E-state index in [0.29, 0.717) is 10.1 Å². The van der Waals surface area contributed by atoms with E-state index in [1.807, 2.05) is 52.9 Å². The zero-order valence-corrected chi connectivity index (χ0v) is 15.1. The number of hydrogen-bond donors (Lipinski definition) is 1. The summed E-state index contributed by atoms with van der Waals surface area (Å²) in [6, 6.07) is 13.7. The minimum atomic E-state index is -0.673. The molecule has 0 aliphatic heterocycles. The summed E-state index contributed by atoms with van der Waals surface area (Å²) in [5.41, 5.74) is 0.455. The minimum absolute atomic E-state index is 0.239. The summed E-state index contributed by atoms with van der Waals surface area (Å²) in [4.78, 5) is 28.7. The van der Waals surface area contributed by atoms with Crippen LogP contribution in [0.25, 0.3) is 0 Å². The van der Waals surface area contributed by atoms with E-state index in [-0.39, 0.29) is 11.4 Å².